The molecule has 0 aliphatic heterocycles. The number of carbonyl (C=O) groups excluding carboxylic acids is 1. The number of methoxy groups -OCH3 is 3. The molecular weight excluding hydrogens is 262 g/mol. The molecule has 1 heterocycles. The first kappa shape index (κ1) is 14.5. The Morgan fingerprint density at radius 1 is 1.35 bits per heavy atom. The monoisotopic (exact) mass is 281 g/mol. The summed E-state index contributed by atoms with van der Waals surface area (Å²) < 4.78 is 15.6. The van der Waals surface area contributed by atoms with E-state index >= 15 is 0 Å². The third kappa shape index (κ3) is 3.00. The molecule has 110 valence electrons. The van der Waals surface area contributed by atoms with Gasteiger partial charge in [-0.05, 0) is 12.1 Å². The van der Waals surface area contributed by atoms with Crippen molar-refractivity contribution in [1.82, 2.24) is 10.3 Å². The van der Waals surface area contributed by atoms with Crippen LogP contribution in [0, 0.1) is 0 Å². The van der Waals surface area contributed by atoms with Gasteiger partial charge in [0.1, 0.15) is 0 Å². The number of rotatable bonds is 5. The van der Waals surface area contributed by atoms with Gasteiger partial charge in [0.15, 0.2) is 17.4 Å². The molecule has 7 nitrogen and oxygen atoms in total. The van der Waals surface area contributed by atoms with E-state index in [0.29, 0.717) is 24.4 Å². The van der Waals surface area contributed by atoms with Crippen LogP contribution in [0.3, 0.4) is 0 Å². The van der Waals surface area contributed by atoms with Crippen LogP contribution in [0.4, 0.5) is 10.6 Å². The molecule has 0 aromatic carbocycles. The first-order chi connectivity index (χ1) is 9.62. The molecule has 2 rings (SSSR count). The predicted molar refractivity (Wildman–Crippen MR) is 72.7 cm³/mol. The molecule has 7 heteroatoms. The molecule has 1 aromatic heterocycles. The van der Waals surface area contributed by atoms with Crippen molar-refractivity contribution in [3.05, 3.63) is 18.3 Å². The molecule has 0 unspecified atom stereocenters. The zero-order valence-corrected chi connectivity index (χ0v) is 11.8. The molecule has 1 aliphatic carbocycles. The molecule has 2 amide bonds. The molecule has 1 saturated carbocycles. The number of hydrogen-bond acceptors (Lipinski definition) is 5. The topological polar surface area (TPSA) is 81.7 Å². The lowest BCUT2D eigenvalue weighted by Crippen LogP contribution is -2.57. The van der Waals surface area contributed by atoms with E-state index in [-0.39, 0.29) is 12.1 Å². The van der Waals surface area contributed by atoms with Crippen molar-refractivity contribution >= 4 is 11.8 Å². The fourth-order valence-corrected chi connectivity index (χ4v) is 2.19. The van der Waals surface area contributed by atoms with Crippen molar-refractivity contribution in [3.63, 3.8) is 0 Å². The molecule has 0 atom stereocenters. The highest BCUT2D eigenvalue weighted by atomic mass is 16.7. The van der Waals surface area contributed by atoms with E-state index in [9.17, 15) is 4.79 Å². The molecular formula is C13H19N3O4. The largest absolute Gasteiger partial charge is 0.493 e. The van der Waals surface area contributed by atoms with Crippen LogP contribution in [-0.4, -0.2) is 44.2 Å². The van der Waals surface area contributed by atoms with E-state index in [0.717, 1.165) is 0 Å². The van der Waals surface area contributed by atoms with Crippen LogP contribution < -0.4 is 15.4 Å². The van der Waals surface area contributed by atoms with Gasteiger partial charge in [0.05, 0.1) is 7.11 Å². The van der Waals surface area contributed by atoms with E-state index in [2.05, 4.69) is 15.6 Å². The summed E-state index contributed by atoms with van der Waals surface area (Å²) in [5.74, 6) is 0.330. The molecule has 0 saturated heterocycles. The number of ether oxygens (including phenoxy) is 3. The molecule has 2 N–H and O–H groups in total. The van der Waals surface area contributed by atoms with E-state index in [1.54, 1.807) is 32.5 Å². The standard InChI is InChI=1S/C13H19N3O4/c1-18-10-5-4-6-14-11(10)16-12(17)15-9-7-13(8-9,19-2)20-3/h4-6,9H,7-8H2,1-3H3,(H2,14,15,16,17). The van der Waals surface area contributed by atoms with Crippen LogP contribution >= 0.6 is 0 Å². The van der Waals surface area contributed by atoms with Gasteiger partial charge in [-0.25, -0.2) is 9.78 Å². The molecule has 1 aliphatic rings. The maximum atomic E-state index is 11.9. The number of urea groups is 1. The van der Waals surface area contributed by atoms with Crippen molar-refractivity contribution in [2.45, 2.75) is 24.7 Å². The maximum absolute atomic E-state index is 11.9. The average molecular weight is 281 g/mol. The third-order valence-electron chi connectivity index (χ3n) is 3.42. The Morgan fingerprint density at radius 3 is 2.65 bits per heavy atom. The van der Waals surface area contributed by atoms with Crippen LogP contribution in [0.5, 0.6) is 5.75 Å². The summed E-state index contributed by atoms with van der Waals surface area (Å²) in [5, 5.41) is 5.49. The van der Waals surface area contributed by atoms with Crippen LogP contribution in [0.25, 0.3) is 0 Å². The molecule has 0 radical (unpaired) electrons. The van der Waals surface area contributed by atoms with E-state index in [1.165, 1.54) is 7.11 Å². The van der Waals surface area contributed by atoms with Crippen LogP contribution in [0.2, 0.25) is 0 Å². The summed E-state index contributed by atoms with van der Waals surface area (Å²) in [6.45, 7) is 0. The summed E-state index contributed by atoms with van der Waals surface area (Å²) in [5.41, 5.74) is 0. The van der Waals surface area contributed by atoms with Gasteiger partial charge in [0, 0.05) is 39.3 Å². The first-order valence-electron chi connectivity index (χ1n) is 6.29. The number of hydrogen-bond donors (Lipinski definition) is 2. The summed E-state index contributed by atoms with van der Waals surface area (Å²) >= 11 is 0. The second kappa shape index (κ2) is 6.06. The fraction of sp³-hybridized carbons (Fsp3) is 0.538. The minimum absolute atomic E-state index is 0.0182. The normalized spacial score (nSPS) is 17.1. The highest BCUT2D eigenvalue weighted by Gasteiger charge is 2.45. The zero-order chi connectivity index (χ0) is 14.6. The van der Waals surface area contributed by atoms with Gasteiger partial charge in [-0.3, -0.25) is 5.32 Å². The minimum Gasteiger partial charge on any atom is -0.493 e. The zero-order valence-electron chi connectivity index (χ0n) is 11.8. The Balaban J connectivity index is 1.85. The molecule has 1 aromatic rings. The Morgan fingerprint density at radius 2 is 2.05 bits per heavy atom. The van der Waals surface area contributed by atoms with Crippen molar-refractivity contribution in [1.29, 1.82) is 0 Å². The number of amides is 2. The summed E-state index contributed by atoms with van der Waals surface area (Å²) in [7, 11) is 4.72. The third-order valence-corrected chi connectivity index (χ3v) is 3.42. The van der Waals surface area contributed by atoms with Gasteiger partial charge in [-0.2, -0.15) is 0 Å². The minimum atomic E-state index is -0.569. The average Bonchev–Trinajstić information content (AvgIpc) is 2.43. The maximum Gasteiger partial charge on any atom is 0.320 e. The number of carbonyl (C=O) groups is 1. The SMILES string of the molecule is COc1cccnc1NC(=O)NC1CC(OC)(OC)C1. The molecule has 20 heavy (non-hydrogen) atoms. The van der Waals surface area contributed by atoms with Crippen molar-refractivity contribution in [2.75, 3.05) is 26.6 Å². The number of aromatic nitrogens is 1. The summed E-state index contributed by atoms with van der Waals surface area (Å²) in [6, 6.07) is 3.16. The second-order valence-corrected chi connectivity index (χ2v) is 4.58. The Bertz CT molecular complexity index is 468. The van der Waals surface area contributed by atoms with Crippen LogP contribution in [0.1, 0.15) is 12.8 Å². The van der Waals surface area contributed by atoms with Gasteiger partial charge in [0.2, 0.25) is 0 Å². The molecule has 0 bridgehead atoms. The van der Waals surface area contributed by atoms with Gasteiger partial charge in [-0.15, -0.1) is 0 Å². The fourth-order valence-electron chi connectivity index (χ4n) is 2.19. The van der Waals surface area contributed by atoms with Crippen molar-refractivity contribution in [3.8, 4) is 5.75 Å². The van der Waals surface area contributed by atoms with Crippen molar-refractivity contribution in [2.24, 2.45) is 0 Å². The van der Waals surface area contributed by atoms with Gasteiger partial charge in [0.25, 0.3) is 0 Å². The van der Waals surface area contributed by atoms with Gasteiger partial charge >= 0.3 is 6.03 Å². The smallest absolute Gasteiger partial charge is 0.320 e. The van der Waals surface area contributed by atoms with Crippen LogP contribution in [-0.2, 0) is 9.47 Å². The highest BCUT2D eigenvalue weighted by Crippen LogP contribution is 2.36. The lowest BCUT2D eigenvalue weighted by molar-refractivity contribution is -0.258. The van der Waals surface area contributed by atoms with E-state index < -0.39 is 5.79 Å². The summed E-state index contributed by atoms with van der Waals surface area (Å²) in [6.07, 6.45) is 2.82. The Kier molecular flexibility index (Phi) is 4.41. The lowest BCUT2D eigenvalue weighted by atomic mass is 9.85. The van der Waals surface area contributed by atoms with Gasteiger partial charge < -0.3 is 19.5 Å². The number of pyridine rings is 1. The van der Waals surface area contributed by atoms with Gasteiger partial charge in [-0.1, -0.05) is 0 Å². The first-order valence-corrected chi connectivity index (χ1v) is 6.29. The van der Waals surface area contributed by atoms with E-state index in [1.807, 2.05) is 0 Å². The Labute approximate surface area is 117 Å². The van der Waals surface area contributed by atoms with E-state index in [4.69, 9.17) is 14.2 Å². The Hall–Kier alpha value is -1.86. The lowest BCUT2D eigenvalue weighted by Gasteiger charge is -2.45. The molecule has 1 fully saturated rings. The second-order valence-electron chi connectivity index (χ2n) is 4.58. The highest BCUT2D eigenvalue weighted by molar-refractivity contribution is 5.89. The predicted octanol–water partition coefficient (Wildman–Crippen LogP) is 1.36. The number of nitrogens with zero attached hydrogens (tertiary/aromatic N) is 1. The molecule has 0 spiro atoms. The number of nitrogens with one attached hydrogen (secondary N) is 2. The quantitative estimate of drug-likeness (QED) is 0.796. The number of anilines is 1. The summed E-state index contributed by atoms with van der Waals surface area (Å²) in [4.78, 5) is 15.9. The van der Waals surface area contributed by atoms with Crippen LogP contribution in [0.15, 0.2) is 18.3 Å². The van der Waals surface area contributed by atoms with Crippen molar-refractivity contribution < 1.29 is 19.0 Å².